The third kappa shape index (κ3) is 5.06. The SMILES string of the molecule is CCOC(=O)c1ccc(N=c2scc(-c3ccc4c(c3)NC(=O)CO4)n2N=C(C)c2ccc3c(c2)OCO3)cc1. The summed E-state index contributed by atoms with van der Waals surface area (Å²) in [6, 6.07) is 18.2. The molecule has 0 aliphatic carbocycles. The lowest BCUT2D eigenvalue weighted by Crippen LogP contribution is -2.25. The number of anilines is 1. The van der Waals surface area contributed by atoms with Crippen LogP contribution in [-0.2, 0) is 9.53 Å². The smallest absolute Gasteiger partial charge is 0.338 e. The normalized spacial score (nSPS) is 14.4. The number of ether oxygens (including phenoxy) is 4. The average Bonchev–Trinajstić information content (AvgIpc) is 3.59. The van der Waals surface area contributed by atoms with Gasteiger partial charge in [-0.15, -0.1) is 11.3 Å². The van der Waals surface area contributed by atoms with Crippen LogP contribution in [0.1, 0.15) is 29.8 Å². The molecule has 1 amide bonds. The first-order chi connectivity index (χ1) is 19.5. The third-order valence-electron chi connectivity index (χ3n) is 6.24. The van der Waals surface area contributed by atoms with E-state index in [4.69, 9.17) is 29.0 Å². The molecule has 1 N–H and O–H groups in total. The Kier molecular flexibility index (Phi) is 6.79. The lowest BCUT2D eigenvalue weighted by Gasteiger charge is -2.18. The molecule has 6 rings (SSSR count). The van der Waals surface area contributed by atoms with Crippen LogP contribution in [0.5, 0.6) is 17.2 Å². The van der Waals surface area contributed by atoms with Gasteiger partial charge in [-0.25, -0.2) is 14.5 Å². The van der Waals surface area contributed by atoms with Gasteiger partial charge in [-0.1, -0.05) is 0 Å². The van der Waals surface area contributed by atoms with Crippen LogP contribution in [0.3, 0.4) is 0 Å². The number of rotatable bonds is 6. The van der Waals surface area contributed by atoms with E-state index in [1.54, 1.807) is 35.9 Å². The molecule has 0 bridgehead atoms. The van der Waals surface area contributed by atoms with Crippen LogP contribution in [0.15, 0.2) is 76.1 Å². The second-order valence-corrected chi connectivity index (χ2v) is 9.73. The van der Waals surface area contributed by atoms with Gasteiger partial charge in [0.05, 0.1) is 35.0 Å². The Bertz CT molecular complexity index is 1720. The predicted octanol–water partition coefficient (Wildman–Crippen LogP) is 4.96. The fourth-order valence-corrected chi connectivity index (χ4v) is 5.09. The van der Waals surface area contributed by atoms with Gasteiger partial charge in [0.25, 0.3) is 5.91 Å². The first-order valence-corrected chi connectivity index (χ1v) is 13.4. The molecule has 0 saturated carbocycles. The summed E-state index contributed by atoms with van der Waals surface area (Å²) in [4.78, 5) is 29.4. The van der Waals surface area contributed by atoms with Crippen molar-refractivity contribution in [3.05, 3.63) is 82.0 Å². The molecule has 202 valence electrons. The number of carbonyl (C=O) groups excluding carboxylic acids is 2. The molecule has 0 saturated heterocycles. The molecule has 0 fully saturated rings. The Balaban J connectivity index is 1.44. The minimum Gasteiger partial charge on any atom is -0.482 e. The van der Waals surface area contributed by atoms with Crippen LogP contribution in [0.2, 0.25) is 0 Å². The lowest BCUT2D eigenvalue weighted by molar-refractivity contribution is -0.118. The predicted molar refractivity (Wildman–Crippen MR) is 150 cm³/mol. The molecule has 2 aliphatic heterocycles. The van der Waals surface area contributed by atoms with Gasteiger partial charge in [-0.2, -0.15) is 5.10 Å². The van der Waals surface area contributed by atoms with Crippen LogP contribution >= 0.6 is 11.3 Å². The fourth-order valence-electron chi connectivity index (χ4n) is 4.24. The van der Waals surface area contributed by atoms with Crippen LogP contribution in [-0.4, -0.2) is 42.3 Å². The first-order valence-electron chi connectivity index (χ1n) is 12.5. The van der Waals surface area contributed by atoms with E-state index in [0.29, 0.717) is 45.6 Å². The summed E-state index contributed by atoms with van der Waals surface area (Å²) >= 11 is 1.41. The zero-order valence-electron chi connectivity index (χ0n) is 21.7. The van der Waals surface area contributed by atoms with Crippen molar-refractivity contribution in [3.63, 3.8) is 0 Å². The van der Waals surface area contributed by atoms with Crippen LogP contribution in [0, 0.1) is 0 Å². The summed E-state index contributed by atoms with van der Waals surface area (Å²) in [6.07, 6.45) is 0. The highest BCUT2D eigenvalue weighted by Crippen LogP contribution is 2.34. The standard InChI is InChI=1S/C29H24N4O6S/c1-3-36-28(35)18-4-8-21(9-5-18)30-29-33(32-17(2)19-6-11-25-26(13-19)39-16-38-25)23(15-40-29)20-7-10-24-22(12-20)31-27(34)14-37-24/h4-13,15H,3,14,16H2,1-2H3,(H,31,34). The molecule has 3 heterocycles. The molecule has 1 aromatic heterocycles. The number of thiazole rings is 1. The molecular weight excluding hydrogens is 532 g/mol. The van der Waals surface area contributed by atoms with Crippen molar-refractivity contribution in [3.8, 4) is 28.5 Å². The van der Waals surface area contributed by atoms with Gasteiger partial charge in [-0.05, 0) is 74.5 Å². The molecule has 0 atom stereocenters. The van der Waals surface area contributed by atoms with Gasteiger partial charge in [0.2, 0.25) is 11.6 Å². The number of nitrogens with zero attached hydrogens (tertiary/aromatic N) is 3. The molecule has 40 heavy (non-hydrogen) atoms. The Morgan fingerprint density at radius 3 is 2.60 bits per heavy atom. The van der Waals surface area contributed by atoms with Gasteiger partial charge in [0, 0.05) is 16.5 Å². The minimum absolute atomic E-state index is 0.0121. The summed E-state index contributed by atoms with van der Waals surface area (Å²) in [5.41, 5.74) is 4.89. The van der Waals surface area contributed by atoms with Crippen molar-refractivity contribution in [1.82, 2.24) is 4.68 Å². The lowest BCUT2D eigenvalue weighted by atomic mass is 10.1. The van der Waals surface area contributed by atoms with Crippen molar-refractivity contribution >= 4 is 40.3 Å². The molecule has 11 heteroatoms. The molecule has 0 radical (unpaired) electrons. The van der Waals surface area contributed by atoms with Gasteiger partial charge in [0.15, 0.2) is 18.1 Å². The van der Waals surface area contributed by atoms with Crippen molar-refractivity contribution in [2.75, 3.05) is 25.3 Å². The highest BCUT2D eigenvalue weighted by Gasteiger charge is 2.19. The third-order valence-corrected chi connectivity index (χ3v) is 7.05. The van der Waals surface area contributed by atoms with E-state index in [1.165, 1.54) is 11.3 Å². The number of hydrogen-bond donors (Lipinski definition) is 1. The van der Waals surface area contributed by atoms with Crippen LogP contribution in [0.4, 0.5) is 11.4 Å². The summed E-state index contributed by atoms with van der Waals surface area (Å²) in [7, 11) is 0. The number of benzene rings is 3. The summed E-state index contributed by atoms with van der Waals surface area (Å²) in [5.74, 6) is 1.38. The van der Waals surface area contributed by atoms with Crippen LogP contribution in [0.25, 0.3) is 11.3 Å². The molecule has 0 unspecified atom stereocenters. The van der Waals surface area contributed by atoms with E-state index < -0.39 is 0 Å². The monoisotopic (exact) mass is 556 g/mol. The first kappa shape index (κ1) is 25.4. The molecule has 2 aliphatic rings. The molecular formula is C29H24N4O6S. The second-order valence-electron chi connectivity index (χ2n) is 8.90. The Morgan fingerprint density at radius 1 is 1.00 bits per heavy atom. The second kappa shape index (κ2) is 10.7. The topological polar surface area (TPSA) is 113 Å². The molecule has 3 aromatic carbocycles. The van der Waals surface area contributed by atoms with E-state index in [1.807, 2.05) is 48.7 Å². The van der Waals surface area contributed by atoms with E-state index in [9.17, 15) is 9.59 Å². The van der Waals surface area contributed by atoms with E-state index in [-0.39, 0.29) is 25.3 Å². The molecule has 0 spiro atoms. The maximum atomic E-state index is 12.1. The van der Waals surface area contributed by atoms with Gasteiger partial charge >= 0.3 is 5.97 Å². The summed E-state index contributed by atoms with van der Waals surface area (Å²) in [5, 5.41) is 9.76. The number of fused-ring (bicyclic) bond motifs is 2. The minimum atomic E-state index is -0.380. The number of nitrogens with one attached hydrogen (secondary N) is 1. The van der Waals surface area contributed by atoms with E-state index >= 15 is 0 Å². The zero-order valence-corrected chi connectivity index (χ0v) is 22.5. The van der Waals surface area contributed by atoms with Crippen molar-refractivity contribution in [1.29, 1.82) is 0 Å². The summed E-state index contributed by atoms with van der Waals surface area (Å²) in [6.45, 7) is 4.16. The average molecular weight is 557 g/mol. The highest BCUT2D eigenvalue weighted by molar-refractivity contribution is 7.07. The number of hydrogen-bond acceptors (Lipinski definition) is 9. The van der Waals surface area contributed by atoms with Gasteiger partial charge < -0.3 is 24.3 Å². The van der Waals surface area contributed by atoms with Crippen molar-refractivity contribution < 1.29 is 28.5 Å². The zero-order chi connectivity index (χ0) is 27.6. The largest absolute Gasteiger partial charge is 0.482 e. The van der Waals surface area contributed by atoms with Gasteiger partial charge in [-0.3, -0.25) is 4.79 Å². The van der Waals surface area contributed by atoms with E-state index in [0.717, 1.165) is 22.5 Å². The quantitative estimate of drug-likeness (QED) is 0.265. The molecule has 4 aromatic rings. The Labute approximate surface area is 233 Å². The number of esters is 1. The van der Waals surface area contributed by atoms with Crippen LogP contribution < -0.4 is 24.3 Å². The Morgan fingerprint density at radius 2 is 1.77 bits per heavy atom. The van der Waals surface area contributed by atoms with Crippen molar-refractivity contribution in [2.24, 2.45) is 10.1 Å². The van der Waals surface area contributed by atoms with Crippen molar-refractivity contribution in [2.45, 2.75) is 13.8 Å². The molecule has 10 nitrogen and oxygen atoms in total. The number of aromatic nitrogens is 1. The van der Waals surface area contributed by atoms with Gasteiger partial charge in [0.1, 0.15) is 5.75 Å². The number of amides is 1. The number of carbonyl (C=O) groups is 2. The highest BCUT2D eigenvalue weighted by atomic mass is 32.1. The maximum Gasteiger partial charge on any atom is 0.338 e. The fraction of sp³-hybridized carbons (Fsp3) is 0.172. The Hall–Kier alpha value is -4.90. The summed E-state index contributed by atoms with van der Waals surface area (Å²) < 4.78 is 23.3. The van der Waals surface area contributed by atoms with E-state index in [2.05, 4.69) is 5.32 Å². The maximum absolute atomic E-state index is 12.1.